The zero-order valence-corrected chi connectivity index (χ0v) is 23.2. The van der Waals surface area contributed by atoms with Crippen molar-refractivity contribution in [3.05, 3.63) is 11.6 Å². The molecule has 0 saturated heterocycles. The van der Waals surface area contributed by atoms with Crippen molar-refractivity contribution in [2.45, 2.75) is 92.9 Å². The molecule has 1 unspecified atom stereocenters. The number of hydrogen-bond acceptors (Lipinski definition) is 5. The summed E-state index contributed by atoms with van der Waals surface area (Å²) in [5, 5.41) is 0. The van der Waals surface area contributed by atoms with Gasteiger partial charge < -0.3 is 9.53 Å². The number of ketones is 2. The highest BCUT2D eigenvalue weighted by Crippen LogP contribution is 2.74. The van der Waals surface area contributed by atoms with Crippen LogP contribution in [-0.2, 0) is 23.9 Å². The van der Waals surface area contributed by atoms with Crippen molar-refractivity contribution in [2.75, 3.05) is 7.11 Å². The lowest BCUT2D eigenvalue weighted by molar-refractivity contribution is -0.191. The van der Waals surface area contributed by atoms with E-state index in [1.54, 1.807) is 0 Å². The predicted octanol–water partition coefficient (Wildman–Crippen LogP) is 5.74. The Kier molecular flexibility index (Phi) is 5.65. The number of hydrogen-bond donors (Lipinski definition) is 0. The fourth-order valence-electron chi connectivity index (χ4n) is 10.3. The van der Waals surface area contributed by atoms with Crippen LogP contribution in [0.5, 0.6) is 0 Å². The van der Waals surface area contributed by atoms with Crippen LogP contribution in [-0.4, -0.2) is 30.9 Å². The van der Waals surface area contributed by atoms with Crippen molar-refractivity contribution >= 4 is 23.8 Å². The van der Waals surface area contributed by atoms with Crippen LogP contribution >= 0.6 is 0 Å². The van der Waals surface area contributed by atoms with E-state index in [1.807, 2.05) is 13.0 Å². The van der Waals surface area contributed by atoms with Gasteiger partial charge in [-0.05, 0) is 90.9 Å². The van der Waals surface area contributed by atoms with Crippen molar-refractivity contribution in [3.8, 4) is 0 Å². The largest absolute Gasteiger partial charge is 0.469 e. The number of carbonyl (C=O) groups is 4. The van der Waals surface area contributed by atoms with Gasteiger partial charge in [-0.1, -0.05) is 47.1 Å². The Bertz CT molecular complexity index is 1060. The molecule has 0 aromatic carbocycles. The summed E-state index contributed by atoms with van der Waals surface area (Å²) in [6.45, 7) is 13.4. The molecule has 5 aliphatic carbocycles. The summed E-state index contributed by atoms with van der Waals surface area (Å²) >= 11 is 0. The third-order valence-corrected chi connectivity index (χ3v) is 12.6. The van der Waals surface area contributed by atoms with Gasteiger partial charge in [-0.15, -0.1) is 0 Å². The first-order valence-corrected chi connectivity index (χ1v) is 14.0. The van der Waals surface area contributed by atoms with Crippen LogP contribution < -0.4 is 0 Å². The molecule has 0 radical (unpaired) electrons. The molecular weight excluding hydrogens is 452 g/mol. The highest BCUT2D eigenvalue weighted by atomic mass is 16.5. The van der Waals surface area contributed by atoms with Gasteiger partial charge in [-0.25, -0.2) is 0 Å². The molecule has 9 atom stereocenters. The van der Waals surface area contributed by atoms with E-state index < -0.39 is 11.3 Å². The van der Waals surface area contributed by atoms with E-state index in [0.29, 0.717) is 6.42 Å². The number of allylic oxidation sites excluding steroid dienone is 2. The lowest BCUT2D eigenvalue weighted by atomic mass is 9.34. The van der Waals surface area contributed by atoms with Gasteiger partial charge in [0.15, 0.2) is 5.78 Å². The zero-order chi connectivity index (χ0) is 26.5. The number of rotatable bonds is 2. The van der Waals surface area contributed by atoms with E-state index >= 15 is 0 Å². The molecule has 0 amide bonds. The minimum atomic E-state index is -0.595. The Morgan fingerprint density at radius 1 is 0.972 bits per heavy atom. The molecule has 0 aromatic rings. The van der Waals surface area contributed by atoms with Gasteiger partial charge in [0, 0.05) is 11.8 Å². The second-order valence-electron chi connectivity index (χ2n) is 14.5. The molecule has 0 bridgehead atoms. The fraction of sp³-hybridized carbons (Fsp3) is 0.806. The summed E-state index contributed by atoms with van der Waals surface area (Å²) in [6.07, 6.45) is 9.30. The minimum Gasteiger partial charge on any atom is -0.469 e. The van der Waals surface area contributed by atoms with Gasteiger partial charge in [-0.3, -0.25) is 14.4 Å². The van der Waals surface area contributed by atoms with Crippen molar-refractivity contribution in [1.82, 2.24) is 0 Å². The molecule has 198 valence electrons. The zero-order valence-electron chi connectivity index (χ0n) is 23.2. The van der Waals surface area contributed by atoms with E-state index in [-0.39, 0.29) is 62.9 Å². The third-order valence-electron chi connectivity index (χ3n) is 12.6. The molecule has 0 aromatic heterocycles. The smallest absolute Gasteiger partial charge is 0.312 e. The van der Waals surface area contributed by atoms with Crippen LogP contribution in [0.4, 0.5) is 0 Å². The summed E-state index contributed by atoms with van der Waals surface area (Å²) in [7, 11) is 1.49. The van der Waals surface area contributed by atoms with Gasteiger partial charge in [0.2, 0.25) is 0 Å². The summed E-state index contributed by atoms with van der Waals surface area (Å²) in [5.41, 5.74) is -0.180. The number of Topliss-reactive ketones (excluding diaryl/α,β-unsaturated/α-hetero) is 1. The summed E-state index contributed by atoms with van der Waals surface area (Å²) < 4.78 is 5.40. The van der Waals surface area contributed by atoms with Crippen LogP contribution in [0.15, 0.2) is 11.6 Å². The van der Waals surface area contributed by atoms with E-state index in [9.17, 15) is 19.2 Å². The lowest BCUT2D eigenvalue weighted by Crippen LogP contribution is -2.66. The maximum atomic E-state index is 14.3. The van der Waals surface area contributed by atoms with Crippen LogP contribution in [0.1, 0.15) is 92.9 Å². The number of esters is 1. The topological polar surface area (TPSA) is 77.5 Å². The highest BCUT2D eigenvalue weighted by Gasteiger charge is 2.70. The molecule has 4 saturated carbocycles. The SMILES string of the molecule is COC(=O)[C@]12CCC(C)(C)C[C@H]1[C@H]1C(=O)C=C3[C@@]4(C)CC(C=O)C(=O)[C@@H](C)[C@@H]4CC[C@@]3(C)[C@]1(C)CC2. The number of fused-ring (bicyclic) bond motifs is 7. The third kappa shape index (κ3) is 3.07. The van der Waals surface area contributed by atoms with Crippen molar-refractivity contribution in [2.24, 2.45) is 56.7 Å². The molecule has 5 nitrogen and oxygen atoms in total. The first-order valence-electron chi connectivity index (χ1n) is 14.0. The van der Waals surface area contributed by atoms with E-state index in [2.05, 4.69) is 34.6 Å². The van der Waals surface area contributed by atoms with Gasteiger partial charge in [-0.2, -0.15) is 0 Å². The van der Waals surface area contributed by atoms with Crippen molar-refractivity contribution < 1.29 is 23.9 Å². The van der Waals surface area contributed by atoms with Crippen LogP contribution in [0, 0.1) is 56.7 Å². The van der Waals surface area contributed by atoms with E-state index in [0.717, 1.165) is 51.2 Å². The number of ether oxygens (including phenoxy) is 1. The first-order chi connectivity index (χ1) is 16.7. The molecule has 0 heterocycles. The summed E-state index contributed by atoms with van der Waals surface area (Å²) in [6, 6.07) is 0. The monoisotopic (exact) mass is 496 g/mol. The Balaban J connectivity index is 1.65. The molecule has 0 spiro atoms. The van der Waals surface area contributed by atoms with Gasteiger partial charge in [0.25, 0.3) is 0 Å². The molecule has 0 aliphatic heterocycles. The van der Waals surface area contributed by atoms with E-state index in [4.69, 9.17) is 4.74 Å². The number of aldehydes is 1. The Morgan fingerprint density at radius 3 is 2.28 bits per heavy atom. The number of methoxy groups -OCH3 is 1. The Labute approximate surface area is 216 Å². The fourth-order valence-corrected chi connectivity index (χ4v) is 10.3. The first kappa shape index (κ1) is 25.9. The minimum absolute atomic E-state index is 0.0327. The summed E-state index contributed by atoms with van der Waals surface area (Å²) in [4.78, 5) is 52.5. The molecule has 36 heavy (non-hydrogen) atoms. The molecule has 5 heteroatoms. The average molecular weight is 497 g/mol. The molecule has 4 fully saturated rings. The number of carbonyl (C=O) groups excluding carboxylic acids is 4. The van der Waals surface area contributed by atoms with Crippen LogP contribution in [0.3, 0.4) is 0 Å². The molecule has 0 N–H and O–H groups in total. The Morgan fingerprint density at radius 2 is 1.64 bits per heavy atom. The lowest BCUT2D eigenvalue weighted by Gasteiger charge is -2.68. The second kappa shape index (κ2) is 7.86. The average Bonchev–Trinajstić information content (AvgIpc) is 2.82. The van der Waals surface area contributed by atoms with Gasteiger partial charge in [0.05, 0.1) is 18.4 Å². The normalized spacial score (nSPS) is 49.5. The second-order valence-corrected chi connectivity index (χ2v) is 14.5. The maximum Gasteiger partial charge on any atom is 0.312 e. The Hall–Kier alpha value is -1.78. The molecule has 5 aliphatic rings. The maximum absolute atomic E-state index is 14.3. The van der Waals surface area contributed by atoms with E-state index in [1.165, 1.54) is 12.7 Å². The highest BCUT2D eigenvalue weighted by molar-refractivity contribution is 5.98. The quantitative estimate of drug-likeness (QED) is 0.277. The summed E-state index contributed by atoms with van der Waals surface area (Å²) in [5.74, 6) is -0.799. The predicted molar refractivity (Wildman–Crippen MR) is 137 cm³/mol. The standard InChI is InChI=1S/C31H44O5/c1-18-20-8-9-29(5)23(28(20,4)15-19(17-32)25(18)34)14-22(33)24-21-16-27(2,3)10-12-31(21,26(35)36-7)13-11-30(24,29)6/h14,17-21,24H,8-13,15-16H2,1-7H3/t18-,19?,20-,21-,24-,28-,29+,30+,31-/m0/s1. The van der Waals surface area contributed by atoms with Crippen molar-refractivity contribution in [3.63, 3.8) is 0 Å². The van der Waals surface area contributed by atoms with Crippen LogP contribution in [0.25, 0.3) is 0 Å². The van der Waals surface area contributed by atoms with Gasteiger partial charge >= 0.3 is 5.97 Å². The van der Waals surface area contributed by atoms with Gasteiger partial charge in [0.1, 0.15) is 12.1 Å². The molecular formula is C31H44O5. The van der Waals surface area contributed by atoms with Crippen LogP contribution in [0.2, 0.25) is 0 Å². The van der Waals surface area contributed by atoms with Crippen molar-refractivity contribution in [1.29, 1.82) is 0 Å². The molecule has 5 rings (SSSR count).